The Balaban J connectivity index is 1.69. The summed E-state index contributed by atoms with van der Waals surface area (Å²) in [5, 5.41) is 4.19. The minimum atomic E-state index is -0.324. The maximum Gasteiger partial charge on any atom is 0.349 e. The van der Waals surface area contributed by atoms with E-state index in [0.29, 0.717) is 18.9 Å². The smallest absolute Gasteiger partial charge is 0.349 e. The van der Waals surface area contributed by atoms with E-state index in [9.17, 15) is 4.79 Å². The Bertz CT molecular complexity index is 1160. The maximum atomic E-state index is 12.0. The zero-order chi connectivity index (χ0) is 18.2. The van der Waals surface area contributed by atoms with Crippen LogP contribution in [0.2, 0.25) is 0 Å². The summed E-state index contributed by atoms with van der Waals surface area (Å²) in [4.78, 5) is 18.8. The zero-order valence-corrected chi connectivity index (χ0v) is 14.3. The summed E-state index contributed by atoms with van der Waals surface area (Å²) in [7, 11) is 0. The second-order valence-corrected chi connectivity index (χ2v) is 6.26. The molecular formula is C20H16N4O3. The Hall–Kier alpha value is -3.45. The lowest BCUT2D eigenvalue weighted by Crippen LogP contribution is -2.17. The van der Waals surface area contributed by atoms with E-state index in [-0.39, 0.29) is 11.8 Å². The molecule has 2 aromatic heterocycles. The lowest BCUT2D eigenvalue weighted by Gasteiger charge is -2.20. The average Bonchev–Trinajstić information content (AvgIpc) is 3.19. The van der Waals surface area contributed by atoms with E-state index in [1.807, 2.05) is 48.5 Å². The van der Waals surface area contributed by atoms with Gasteiger partial charge in [0, 0.05) is 5.56 Å². The van der Waals surface area contributed by atoms with E-state index in [4.69, 9.17) is 9.47 Å². The van der Waals surface area contributed by atoms with Crippen LogP contribution in [0.5, 0.6) is 5.75 Å². The highest BCUT2D eigenvalue weighted by molar-refractivity contribution is 5.79. The molecule has 27 heavy (non-hydrogen) atoms. The average molecular weight is 360 g/mol. The number of H-pyrrole nitrogens is 1. The summed E-state index contributed by atoms with van der Waals surface area (Å²) in [5.74, 6) is 0.835. The third-order valence-corrected chi connectivity index (χ3v) is 4.66. The SMILES string of the molecule is O=c1[nH]cnc2c(-c3ccccc3C3OCCOc4ccc3cc4)cnn12. The van der Waals surface area contributed by atoms with Crippen molar-refractivity contribution in [3.05, 3.63) is 82.7 Å². The first-order chi connectivity index (χ1) is 13.3. The fourth-order valence-electron chi connectivity index (χ4n) is 3.42. The van der Waals surface area contributed by atoms with E-state index in [0.717, 1.165) is 28.0 Å². The first kappa shape index (κ1) is 15.8. The number of hydrogen-bond acceptors (Lipinski definition) is 5. The van der Waals surface area contributed by atoms with Gasteiger partial charge in [0.05, 0.1) is 19.1 Å². The molecule has 2 aliphatic heterocycles. The minimum absolute atomic E-state index is 0.256. The molecule has 0 amide bonds. The molecule has 1 unspecified atom stereocenters. The van der Waals surface area contributed by atoms with Crippen LogP contribution in [-0.4, -0.2) is 32.8 Å². The van der Waals surface area contributed by atoms with Crippen molar-refractivity contribution in [2.45, 2.75) is 6.10 Å². The van der Waals surface area contributed by atoms with Gasteiger partial charge in [-0.15, -0.1) is 0 Å². The van der Waals surface area contributed by atoms with Gasteiger partial charge in [-0.3, -0.25) is 4.98 Å². The van der Waals surface area contributed by atoms with Crippen molar-refractivity contribution in [1.29, 1.82) is 0 Å². The van der Waals surface area contributed by atoms with Crippen LogP contribution in [0.1, 0.15) is 17.2 Å². The van der Waals surface area contributed by atoms with Gasteiger partial charge in [-0.1, -0.05) is 36.4 Å². The molecule has 1 N–H and O–H groups in total. The molecule has 2 bridgehead atoms. The van der Waals surface area contributed by atoms with Gasteiger partial charge >= 0.3 is 5.69 Å². The Morgan fingerprint density at radius 2 is 1.89 bits per heavy atom. The molecule has 7 heteroatoms. The standard InChI is InChI=1S/C20H16N4O3/c25-20-22-12-21-19-17(11-23-24(19)20)15-3-1-2-4-16(15)18-13-5-7-14(8-6-13)26-9-10-27-18/h1-8,11-12,18H,9-10H2,(H,21,22,25). The number of nitrogens with one attached hydrogen (secondary N) is 1. The molecule has 0 fully saturated rings. The molecule has 0 spiro atoms. The lowest BCUT2D eigenvalue weighted by molar-refractivity contribution is 0.0587. The van der Waals surface area contributed by atoms with Crippen molar-refractivity contribution >= 4 is 5.65 Å². The first-order valence-electron chi connectivity index (χ1n) is 8.66. The molecule has 7 nitrogen and oxygen atoms in total. The van der Waals surface area contributed by atoms with Crippen LogP contribution in [0, 0.1) is 0 Å². The number of benzene rings is 2. The van der Waals surface area contributed by atoms with Crippen LogP contribution < -0.4 is 10.4 Å². The number of ether oxygens (including phenoxy) is 2. The lowest BCUT2D eigenvalue weighted by atomic mass is 9.93. The highest BCUT2D eigenvalue weighted by atomic mass is 16.5. The maximum absolute atomic E-state index is 12.0. The van der Waals surface area contributed by atoms with Crippen LogP contribution in [-0.2, 0) is 4.74 Å². The summed E-state index contributed by atoms with van der Waals surface area (Å²) >= 11 is 0. The number of fused-ring (bicyclic) bond motifs is 7. The van der Waals surface area contributed by atoms with E-state index in [1.54, 1.807) is 6.20 Å². The van der Waals surface area contributed by atoms with Crippen LogP contribution in [0.25, 0.3) is 16.8 Å². The largest absolute Gasteiger partial charge is 0.491 e. The van der Waals surface area contributed by atoms with Gasteiger partial charge in [-0.05, 0) is 28.8 Å². The number of hydrogen-bond donors (Lipinski definition) is 1. The predicted octanol–water partition coefficient (Wildman–Crippen LogP) is 2.58. The van der Waals surface area contributed by atoms with E-state index in [2.05, 4.69) is 15.1 Å². The number of aromatic nitrogens is 4. The molecular weight excluding hydrogens is 344 g/mol. The van der Waals surface area contributed by atoms with Crippen LogP contribution in [0.15, 0.2) is 65.8 Å². The topological polar surface area (TPSA) is 81.5 Å². The van der Waals surface area contributed by atoms with Crippen molar-refractivity contribution in [3.8, 4) is 16.9 Å². The van der Waals surface area contributed by atoms with E-state index in [1.165, 1.54) is 10.8 Å². The van der Waals surface area contributed by atoms with Gasteiger partial charge in [0.25, 0.3) is 0 Å². The molecule has 2 aliphatic rings. The first-order valence-corrected chi connectivity index (χ1v) is 8.66. The zero-order valence-electron chi connectivity index (χ0n) is 14.3. The molecule has 0 saturated heterocycles. The van der Waals surface area contributed by atoms with Crippen molar-refractivity contribution in [2.24, 2.45) is 0 Å². The van der Waals surface area contributed by atoms with Crippen molar-refractivity contribution in [2.75, 3.05) is 13.2 Å². The van der Waals surface area contributed by atoms with Crippen LogP contribution in [0.3, 0.4) is 0 Å². The van der Waals surface area contributed by atoms with E-state index >= 15 is 0 Å². The highest BCUT2D eigenvalue weighted by Gasteiger charge is 2.22. The Morgan fingerprint density at radius 1 is 1.04 bits per heavy atom. The number of aromatic amines is 1. The van der Waals surface area contributed by atoms with Gasteiger partial charge < -0.3 is 9.47 Å². The van der Waals surface area contributed by atoms with Crippen molar-refractivity contribution in [1.82, 2.24) is 19.6 Å². The normalized spacial score (nSPS) is 16.5. The summed E-state index contributed by atoms with van der Waals surface area (Å²) in [6.45, 7) is 0.964. The summed E-state index contributed by atoms with van der Waals surface area (Å²) in [6.07, 6.45) is 2.80. The molecule has 4 heterocycles. The fourth-order valence-corrected chi connectivity index (χ4v) is 3.42. The predicted molar refractivity (Wildman–Crippen MR) is 98.8 cm³/mol. The van der Waals surface area contributed by atoms with Gasteiger partial charge in [0.1, 0.15) is 18.5 Å². The Morgan fingerprint density at radius 3 is 2.78 bits per heavy atom. The molecule has 0 radical (unpaired) electrons. The second-order valence-electron chi connectivity index (χ2n) is 6.26. The third-order valence-electron chi connectivity index (χ3n) is 4.66. The summed E-state index contributed by atoms with van der Waals surface area (Å²) in [6, 6.07) is 15.9. The molecule has 4 aromatic rings. The Kier molecular flexibility index (Phi) is 3.72. The highest BCUT2D eigenvalue weighted by Crippen LogP contribution is 2.36. The number of nitrogens with zero attached hydrogens (tertiary/aromatic N) is 3. The summed E-state index contributed by atoms with van der Waals surface area (Å²) in [5.41, 5.74) is 3.93. The number of rotatable bonds is 2. The minimum Gasteiger partial charge on any atom is -0.491 e. The molecule has 6 rings (SSSR count). The van der Waals surface area contributed by atoms with Crippen LogP contribution >= 0.6 is 0 Å². The third kappa shape index (κ3) is 2.69. The van der Waals surface area contributed by atoms with Gasteiger partial charge in [-0.2, -0.15) is 9.61 Å². The summed E-state index contributed by atoms with van der Waals surface area (Å²) < 4.78 is 13.1. The van der Waals surface area contributed by atoms with Crippen LogP contribution in [0.4, 0.5) is 0 Å². The Labute approximate surface area is 154 Å². The van der Waals surface area contributed by atoms with E-state index < -0.39 is 0 Å². The van der Waals surface area contributed by atoms with Gasteiger partial charge in [0.2, 0.25) is 0 Å². The van der Waals surface area contributed by atoms with Crippen molar-refractivity contribution in [3.63, 3.8) is 0 Å². The van der Waals surface area contributed by atoms with Gasteiger partial charge in [0.15, 0.2) is 5.65 Å². The molecule has 0 aliphatic carbocycles. The van der Waals surface area contributed by atoms with Crippen molar-refractivity contribution < 1.29 is 9.47 Å². The molecule has 2 aromatic carbocycles. The molecule has 134 valence electrons. The monoisotopic (exact) mass is 360 g/mol. The quantitative estimate of drug-likeness (QED) is 0.594. The fraction of sp³-hybridized carbons (Fsp3) is 0.150. The molecule has 1 atom stereocenters. The second kappa shape index (κ2) is 6.37. The van der Waals surface area contributed by atoms with Gasteiger partial charge in [-0.25, -0.2) is 9.78 Å². The molecule has 0 saturated carbocycles.